The van der Waals surface area contributed by atoms with Gasteiger partial charge in [-0.2, -0.15) is 0 Å². The number of ether oxygens (including phenoxy) is 2. The van der Waals surface area contributed by atoms with E-state index in [1.807, 2.05) is 0 Å². The Kier molecular flexibility index (Phi) is 5.78. The number of methoxy groups -OCH3 is 2. The SMILES string of the molecule is COc1ccc(CC(=O)N[C@@H](C(N)=O)c2ccc(OC)cc2)cc1. The van der Waals surface area contributed by atoms with E-state index >= 15 is 0 Å². The third-order valence-electron chi connectivity index (χ3n) is 3.56. The summed E-state index contributed by atoms with van der Waals surface area (Å²) in [6.07, 6.45) is 0.143. The van der Waals surface area contributed by atoms with Crippen molar-refractivity contribution in [1.82, 2.24) is 5.32 Å². The molecule has 1 atom stereocenters. The summed E-state index contributed by atoms with van der Waals surface area (Å²) in [5, 5.41) is 2.66. The minimum Gasteiger partial charge on any atom is -0.497 e. The molecule has 0 fully saturated rings. The summed E-state index contributed by atoms with van der Waals surface area (Å²) in [6.45, 7) is 0. The second-order valence-corrected chi connectivity index (χ2v) is 5.20. The molecule has 3 N–H and O–H groups in total. The number of rotatable bonds is 7. The van der Waals surface area contributed by atoms with Gasteiger partial charge in [0, 0.05) is 0 Å². The quantitative estimate of drug-likeness (QED) is 0.807. The monoisotopic (exact) mass is 328 g/mol. The molecule has 0 aromatic heterocycles. The Labute approximate surface area is 140 Å². The molecular weight excluding hydrogens is 308 g/mol. The molecule has 0 aliphatic carbocycles. The lowest BCUT2D eigenvalue weighted by atomic mass is 10.1. The summed E-state index contributed by atoms with van der Waals surface area (Å²) in [7, 11) is 3.13. The Bertz CT molecular complexity index is 696. The van der Waals surface area contributed by atoms with E-state index in [1.165, 1.54) is 0 Å². The Hall–Kier alpha value is -3.02. The summed E-state index contributed by atoms with van der Waals surface area (Å²) < 4.78 is 10.1. The number of primary amides is 1. The number of hydrogen-bond acceptors (Lipinski definition) is 4. The average molecular weight is 328 g/mol. The predicted octanol–water partition coefficient (Wildman–Crippen LogP) is 1.59. The first-order chi connectivity index (χ1) is 11.5. The van der Waals surface area contributed by atoms with Crippen LogP contribution in [0.25, 0.3) is 0 Å². The zero-order valence-electron chi connectivity index (χ0n) is 13.6. The highest BCUT2D eigenvalue weighted by atomic mass is 16.5. The van der Waals surface area contributed by atoms with Gasteiger partial charge in [0.2, 0.25) is 11.8 Å². The van der Waals surface area contributed by atoms with Crippen LogP contribution in [0.1, 0.15) is 17.2 Å². The summed E-state index contributed by atoms with van der Waals surface area (Å²) in [4.78, 5) is 23.9. The van der Waals surface area contributed by atoms with Gasteiger partial charge in [-0.05, 0) is 35.4 Å². The number of carbonyl (C=O) groups is 2. The fourth-order valence-corrected chi connectivity index (χ4v) is 2.26. The van der Waals surface area contributed by atoms with Gasteiger partial charge in [-0.3, -0.25) is 9.59 Å². The van der Waals surface area contributed by atoms with Crippen LogP contribution in [0.2, 0.25) is 0 Å². The second-order valence-electron chi connectivity index (χ2n) is 5.20. The van der Waals surface area contributed by atoms with Crippen molar-refractivity contribution in [2.24, 2.45) is 5.73 Å². The number of hydrogen-bond donors (Lipinski definition) is 2. The van der Waals surface area contributed by atoms with Gasteiger partial charge in [-0.25, -0.2) is 0 Å². The molecule has 0 aliphatic rings. The van der Waals surface area contributed by atoms with Crippen molar-refractivity contribution >= 4 is 11.8 Å². The smallest absolute Gasteiger partial charge is 0.244 e. The number of nitrogens with one attached hydrogen (secondary N) is 1. The van der Waals surface area contributed by atoms with Gasteiger partial charge in [-0.1, -0.05) is 24.3 Å². The van der Waals surface area contributed by atoms with Crippen LogP contribution in [0.4, 0.5) is 0 Å². The van der Waals surface area contributed by atoms with Crippen LogP contribution >= 0.6 is 0 Å². The maximum Gasteiger partial charge on any atom is 0.244 e. The first-order valence-electron chi connectivity index (χ1n) is 7.39. The Balaban J connectivity index is 2.05. The van der Waals surface area contributed by atoms with Gasteiger partial charge in [0.15, 0.2) is 0 Å². The molecule has 0 bridgehead atoms. The fraction of sp³-hybridized carbons (Fsp3) is 0.222. The molecule has 2 rings (SSSR count). The van der Waals surface area contributed by atoms with Gasteiger partial charge >= 0.3 is 0 Å². The largest absolute Gasteiger partial charge is 0.497 e. The van der Waals surface area contributed by atoms with Gasteiger partial charge < -0.3 is 20.5 Å². The van der Waals surface area contributed by atoms with Crippen molar-refractivity contribution in [3.8, 4) is 11.5 Å². The molecule has 0 saturated heterocycles. The first kappa shape index (κ1) is 17.3. The van der Waals surface area contributed by atoms with E-state index in [1.54, 1.807) is 62.8 Å². The molecule has 6 heteroatoms. The summed E-state index contributed by atoms with van der Waals surface area (Å²) in [6, 6.07) is 13.1. The lowest BCUT2D eigenvalue weighted by Gasteiger charge is -2.16. The van der Waals surface area contributed by atoms with E-state index in [2.05, 4.69) is 5.32 Å². The van der Waals surface area contributed by atoms with Gasteiger partial charge in [0.1, 0.15) is 17.5 Å². The molecule has 0 spiro atoms. The van der Waals surface area contributed by atoms with Crippen molar-refractivity contribution < 1.29 is 19.1 Å². The van der Waals surface area contributed by atoms with Gasteiger partial charge in [0.25, 0.3) is 0 Å². The molecule has 2 aromatic rings. The number of amides is 2. The predicted molar refractivity (Wildman–Crippen MR) is 89.8 cm³/mol. The second kappa shape index (κ2) is 8.01. The molecule has 2 aromatic carbocycles. The van der Waals surface area contributed by atoms with Crippen molar-refractivity contribution in [3.63, 3.8) is 0 Å². The normalized spacial score (nSPS) is 11.4. The van der Waals surface area contributed by atoms with Crippen LogP contribution in [-0.4, -0.2) is 26.0 Å². The van der Waals surface area contributed by atoms with Crippen molar-refractivity contribution in [2.45, 2.75) is 12.5 Å². The van der Waals surface area contributed by atoms with Crippen LogP contribution in [-0.2, 0) is 16.0 Å². The molecule has 126 valence electrons. The molecule has 6 nitrogen and oxygen atoms in total. The summed E-state index contributed by atoms with van der Waals surface area (Å²) in [5.41, 5.74) is 6.83. The van der Waals surface area contributed by atoms with E-state index in [4.69, 9.17) is 15.2 Å². The fourth-order valence-electron chi connectivity index (χ4n) is 2.26. The van der Waals surface area contributed by atoms with Crippen LogP contribution < -0.4 is 20.5 Å². The number of nitrogens with two attached hydrogens (primary N) is 1. The Morgan fingerprint density at radius 3 is 1.92 bits per heavy atom. The first-order valence-corrected chi connectivity index (χ1v) is 7.39. The van der Waals surface area contributed by atoms with Crippen LogP contribution in [0.5, 0.6) is 11.5 Å². The lowest BCUT2D eigenvalue weighted by molar-refractivity contribution is -0.127. The topological polar surface area (TPSA) is 90.6 Å². The third kappa shape index (κ3) is 4.49. The van der Waals surface area contributed by atoms with Crippen molar-refractivity contribution in [1.29, 1.82) is 0 Å². The van der Waals surface area contributed by atoms with Crippen LogP contribution in [0, 0.1) is 0 Å². The zero-order chi connectivity index (χ0) is 17.5. The molecule has 0 saturated carbocycles. The molecule has 2 amide bonds. The van der Waals surface area contributed by atoms with E-state index in [0.29, 0.717) is 17.1 Å². The Morgan fingerprint density at radius 1 is 0.958 bits per heavy atom. The summed E-state index contributed by atoms with van der Waals surface area (Å²) >= 11 is 0. The van der Waals surface area contributed by atoms with Crippen molar-refractivity contribution in [2.75, 3.05) is 14.2 Å². The molecule has 24 heavy (non-hydrogen) atoms. The van der Waals surface area contributed by atoms with Crippen LogP contribution in [0.15, 0.2) is 48.5 Å². The number of carbonyl (C=O) groups excluding carboxylic acids is 2. The third-order valence-corrected chi connectivity index (χ3v) is 3.56. The van der Waals surface area contributed by atoms with Crippen LogP contribution in [0.3, 0.4) is 0 Å². The molecular formula is C18H20N2O4. The van der Waals surface area contributed by atoms with E-state index < -0.39 is 11.9 Å². The minimum absolute atomic E-state index is 0.143. The molecule has 0 radical (unpaired) electrons. The van der Waals surface area contributed by atoms with Gasteiger partial charge in [-0.15, -0.1) is 0 Å². The standard InChI is InChI=1S/C18H20N2O4/c1-23-14-7-3-12(4-8-14)11-16(21)20-17(18(19)22)13-5-9-15(24-2)10-6-13/h3-10,17H,11H2,1-2H3,(H2,19,22)(H,20,21)/t17-/m1/s1. The lowest BCUT2D eigenvalue weighted by Crippen LogP contribution is -2.38. The molecule has 0 unspecified atom stereocenters. The maximum atomic E-state index is 12.2. The van der Waals surface area contributed by atoms with Gasteiger partial charge in [0.05, 0.1) is 20.6 Å². The number of benzene rings is 2. The highest BCUT2D eigenvalue weighted by Gasteiger charge is 2.20. The zero-order valence-corrected chi connectivity index (χ0v) is 13.6. The van der Waals surface area contributed by atoms with E-state index in [-0.39, 0.29) is 12.3 Å². The Morgan fingerprint density at radius 2 is 1.46 bits per heavy atom. The molecule has 0 heterocycles. The highest BCUT2D eigenvalue weighted by Crippen LogP contribution is 2.18. The van der Waals surface area contributed by atoms with E-state index in [9.17, 15) is 9.59 Å². The highest BCUT2D eigenvalue weighted by molar-refractivity contribution is 5.88. The minimum atomic E-state index is -0.887. The van der Waals surface area contributed by atoms with E-state index in [0.717, 1.165) is 5.56 Å². The average Bonchev–Trinajstić information content (AvgIpc) is 2.60. The maximum absolute atomic E-state index is 12.2. The molecule has 0 aliphatic heterocycles. The summed E-state index contributed by atoms with van der Waals surface area (Å²) in [5.74, 6) is 0.460. The van der Waals surface area contributed by atoms with Crippen molar-refractivity contribution in [3.05, 3.63) is 59.7 Å².